The molecule has 1 aromatic rings. The van der Waals surface area contributed by atoms with Gasteiger partial charge < -0.3 is 24.8 Å². The molecule has 0 radical (unpaired) electrons. The topological polar surface area (TPSA) is 64.1 Å². The van der Waals surface area contributed by atoms with Crippen LogP contribution in [-0.4, -0.2) is 44.6 Å². The van der Waals surface area contributed by atoms with Crippen LogP contribution in [0.2, 0.25) is 0 Å². The molecule has 0 amide bonds. The van der Waals surface area contributed by atoms with E-state index in [9.17, 15) is 0 Å². The van der Waals surface area contributed by atoms with Crippen LogP contribution in [0.15, 0.2) is 23.2 Å². The van der Waals surface area contributed by atoms with Crippen LogP contribution in [0.3, 0.4) is 0 Å². The number of hydrogen-bond acceptors (Lipinski definition) is 4. The summed E-state index contributed by atoms with van der Waals surface area (Å²) in [6, 6.07) is 6.09. The van der Waals surface area contributed by atoms with Crippen molar-refractivity contribution in [3.05, 3.63) is 23.8 Å². The number of ether oxygens (including phenoxy) is 3. The second kappa shape index (κ2) is 7.75. The number of nitrogens with zero attached hydrogens (tertiary/aromatic N) is 1. The monoisotopic (exact) mass is 333 g/mol. The van der Waals surface area contributed by atoms with Gasteiger partial charge in [0.2, 0.25) is 6.79 Å². The zero-order chi connectivity index (χ0) is 16.8. The lowest BCUT2D eigenvalue weighted by molar-refractivity contribution is 0.0283. The Morgan fingerprint density at radius 2 is 2.12 bits per heavy atom. The van der Waals surface area contributed by atoms with Gasteiger partial charge in [0.1, 0.15) is 0 Å². The molecule has 1 atom stereocenters. The zero-order valence-electron chi connectivity index (χ0n) is 14.6. The van der Waals surface area contributed by atoms with Crippen LogP contribution in [-0.2, 0) is 11.2 Å². The van der Waals surface area contributed by atoms with Gasteiger partial charge in [0.25, 0.3) is 0 Å². The van der Waals surface area contributed by atoms with Crippen LogP contribution in [0.4, 0.5) is 0 Å². The summed E-state index contributed by atoms with van der Waals surface area (Å²) in [7, 11) is 0. The molecule has 2 aliphatic rings. The third-order valence-corrected chi connectivity index (χ3v) is 4.36. The minimum absolute atomic E-state index is 0.111. The molecule has 3 rings (SSSR count). The molecule has 1 fully saturated rings. The predicted octanol–water partition coefficient (Wildman–Crippen LogP) is 2.08. The van der Waals surface area contributed by atoms with E-state index in [0.29, 0.717) is 13.3 Å². The Morgan fingerprint density at radius 3 is 2.92 bits per heavy atom. The minimum Gasteiger partial charge on any atom is -0.454 e. The van der Waals surface area contributed by atoms with E-state index in [2.05, 4.69) is 35.5 Å². The number of aliphatic imine (C=N–C) groups is 1. The highest BCUT2D eigenvalue weighted by Crippen LogP contribution is 2.32. The summed E-state index contributed by atoms with van der Waals surface area (Å²) in [6.07, 6.45) is 3.10. The first-order valence-electron chi connectivity index (χ1n) is 8.73. The highest BCUT2D eigenvalue weighted by atomic mass is 16.7. The quantitative estimate of drug-likeness (QED) is 0.616. The Labute approximate surface area is 143 Å². The molecule has 0 aromatic heterocycles. The fourth-order valence-corrected chi connectivity index (χ4v) is 2.97. The molecule has 2 heterocycles. The van der Waals surface area contributed by atoms with Crippen LogP contribution in [0.5, 0.6) is 11.5 Å². The maximum Gasteiger partial charge on any atom is 0.231 e. The van der Waals surface area contributed by atoms with Crippen LogP contribution in [0.1, 0.15) is 32.3 Å². The van der Waals surface area contributed by atoms with Crippen molar-refractivity contribution in [1.82, 2.24) is 10.6 Å². The standard InChI is InChI=1S/C18H27N3O3/c1-3-19-17(21-12-18(2)8-4-10-24-18)20-9-7-14-5-6-15-16(11-14)23-13-22-15/h5-6,11H,3-4,7-10,12-13H2,1-2H3,(H2,19,20,21). The molecule has 6 nitrogen and oxygen atoms in total. The van der Waals surface area contributed by atoms with Crippen molar-refractivity contribution in [3.8, 4) is 11.5 Å². The summed E-state index contributed by atoms with van der Waals surface area (Å²) in [5.41, 5.74) is 1.10. The maximum absolute atomic E-state index is 5.80. The van der Waals surface area contributed by atoms with Gasteiger partial charge in [-0.3, -0.25) is 4.99 Å². The molecule has 0 bridgehead atoms. The van der Waals surface area contributed by atoms with Gasteiger partial charge in [-0.15, -0.1) is 0 Å². The Kier molecular flexibility index (Phi) is 5.45. The van der Waals surface area contributed by atoms with Crippen LogP contribution < -0.4 is 20.1 Å². The van der Waals surface area contributed by atoms with Gasteiger partial charge in [-0.2, -0.15) is 0 Å². The van der Waals surface area contributed by atoms with Gasteiger partial charge in [0.05, 0.1) is 12.1 Å². The Hall–Kier alpha value is -1.95. The molecule has 1 saturated heterocycles. The Morgan fingerprint density at radius 1 is 1.25 bits per heavy atom. The molecule has 1 unspecified atom stereocenters. The summed E-state index contributed by atoms with van der Waals surface area (Å²) < 4.78 is 16.6. The van der Waals surface area contributed by atoms with Crippen LogP contribution in [0.25, 0.3) is 0 Å². The average molecular weight is 333 g/mol. The molecule has 24 heavy (non-hydrogen) atoms. The van der Waals surface area contributed by atoms with E-state index in [1.807, 2.05) is 12.1 Å². The number of benzene rings is 1. The van der Waals surface area contributed by atoms with E-state index in [1.165, 1.54) is 5.56 Å². The lowest BCUT2D eigenvalue weighted by Gasteiger charge is -2.21. The summed E-state index contributed by atoms with van der Waals surface area (Å²) >= 11 is 0. The van der Waals surface area contributed by atoms with E-state index < -0.39 is 0 Å². The van der Waals surface area contributed by atoms with Crippen molar-refractivity contribution in [2.45, 2.75) is 38.7 Å². The highest BCUT2D eigenvalue weighted by molar-refractivity contribution is 5.79. The van der Waals surface area contributed by atoms with E-state index in [-0.39, 0.29) is 5.60 Å². The molecule has 2 aliphatic heterocycles. The third kappa shape index (κ3) is 4.32. The Balaban J connectivity index is 1.50. The molecule has 0 saturated carbocycles. The first-order valence-corrected chi connectivity index (χ1v) is 8.73. The minimum atomic E-state index is -0.111. The summed E-state index contributed by atoms with van der Waals surface area (Å²) in [5.74, 6) is 2.50. The predicted molar refractivity (Wildman–Crippen MR) is 93.8 cm³/mol. The van der Waals surface area contributed by atoms with E-state index in [4.69, 9.17) is 14.2 Å². The average Bonchev–Trinajstić information content (AvgIpc) is 3.21. The summed E-state index contributed by atoms with van der Waals surface area (Å²) in [5, 5.41) is 6.68. The van der Waals surface area contributed by atoms with E-state index in [1.54, 1.807) is 0 Å². The van der Waals surface area contributed by atoms with Crippen molar-refractivity contribution in [2.24, 2.45) is 4.99 Å². The van der Waals surface area contributed by atoms with E-state index in [0.717, 1.165) is 56.4 Å². The van der Waals surface area contributed by atoms with Gasteiger partial charge in [0, 0.05) is 19.7 Å². The molecule has 132 valence electrons. The number of guanidine groups is 1. The molecular weight excluding hydrogens is 306 g/mol. The fraction of sp³-hybridized carbons (Fsp3) is 0.611. The lowest BCUT2D eigenvalue weighted by Crippen LogP contribution is -2.40. The first-order chi connectivity index (χ1) is 11.7. The van der Waals surface area contributed by atoms with Crippen molar-refractivity contribution >= 4 is 5.96 Å². The van der Waals surface area contributed by atoms with Crippen LogP contribution in [0, 0.1) is 0 Å². The zero-order valence-corrected chi connectivity index (χ0v) is 14.6. The van der Waals surface area contributed by atoms with Crippen molar-refractivity contribution in [3.63, 3.8) is 0 Å². The van der Waals surface area contributed by atoms with Crippen molar-refractivity contribution < 1.29 is 14.2 Å². The second-order valence-corrected chi connectivity index (χ2v) is 6.46. The molecule has 0 spiro atoms. The van der Waals surface area contributed by atoms with Gasteiger partial charge in [-0.25, -0.2) is 0 Å². The number of rotatable bonds is 6. The largest absolute Gasteiger partial charge is 0.454 e. The number of hydrogen-bond donors (Lipinski definition) is 2. The maximum atomic E-state index is 5.80. The van der Waals surface area contributed by atoms with Gasteiger partial charge >= 0.3 is 0 Å². The number of fused-ring (bicyclic) bond motifs is 1. The first kappa shape index (κ1) is 16.9. The lowest BCUT2D eigenvalue weighted by atomic mass is 10.0. The number of nitrogens with one attached hydrogen (secondary N) is 2. The molecular formula is C18H27N3O3. The summed E-state index contributed by atoms with van der Waals surface area (Å²) in [4.78, 5) is 4.68. The SMILES string of the molecule is CCNC(=NCC1(C)CCCO1)NCCc1ccc2c(c1)OCO2. The molecule has 6 heteroatoms. The molecule has 2 N–H and O–H groups in total. The molecule has 0 aliphatic carbocycles. The van der Waals surface area contributed by atoms with Crippen LogP contribution >= 0.6 is 0 Å². The second-order valence-electron chi connectivity index (χ2n) is 6.46. The van der Waals surface area contributed by atoms with Gasteiger partial charge in [-0.05, 0) is 50.8 Å². The van der Waals surface area contributed by atoms with Crippen molar-refractivity contribution in [2.75, 3.05) is 33.0 Å². The third-order valence-electron chi connectivity index (χ3n) is 4.36. The Bertz CT molecular complexity index is 583. The van der Waals surface area contributed by atoms with Gasteiger partial charge in [0.15, 0.2) is 17.5 Å². The smallest absolute Gasteiger partial charge is 0.231 e. The highest BCUT2D eigenvalue weighted by Gasteiger charge is 2.29. The van der Waals surface area contributed by atoms with Gasteiger partial charge in [-0.1, -0.05) is 6.07 Å². The molecule has 1 aromatic carbocycles. The normalized spacial score (nSPS) is 22.7. The summed E-state index contributed by atoms with van der Waals surface area (Å²) in [6.45, 7) is 7.71. The van der Waals surface area contributed by atoms with Crippen molar-refractivity contribution in [1.29, 1.82) is 0 Å². The fourth-order valence-electron chi connectivity index (χ4n) is 2.97. The van der Waals surface area contributed by atoms with E-state index >= 15 is 0 Å².